The Bertz CT molecular complexity index is 2240. The van der Waals surface area contributed by atoms with Crippen molar-refractivity contribution in [2.24, 2.45) is 0 Å². The van der Waals surface area contributed by atoms with Gasteiger partial charge in [-0.25, -0.2) is 13.2 Å². The molecular weight excluding hydrogens is 782 g/mol. The lowest BCUT2D eigenvalue weighted by Crippen LogP contribution is -2.61. The van der Waals surface area contributed by atoms with Crippen molar-refractivity contribution >= 4 is 32.8 Å². The van der Waals surface area contributed by atoms with Gasteiger partial charge in [0.15, 0.2) is 6.04 Å². The Morgan fingerprint density at radius 1 is 0.741 bits per heavy atom. The molecule has 3 atom stereocenters. The summed E-state index contributed by atoms with van der Waals surface area (Å²) >= 11 is 0. The van der Waals surface area contributed by atoms with Gasteiger partial charge in [-0.1, -0.05) is 48.5 Å². The van der Waals surface area contributed by atoms with Crippen LogP contribution >= 0.6 is 0 Å². The molecule has 9 nitrogen and oxygen atoms in total. The van der Waals surface area contributed by atoms with Gasteiger partial charge < -0.3 is 19.7 Å². The second-order valence-corrected chi connectivity index (χ2v) is 18.2. The summed E-state index contributed by atoms with van der Waals surface area (Å²) in [6, 6.07) is 14.2. The van der Waals surface area contributed by atoms with E-state index in [1.165, 1.54) is 41.3 Å². The lowest BCUT2D eigenvalue weighted by Gasteiger charge is -2.42. The number of halogens is 5. The summed E-state index contributed by atoms with van der Waals surface area (Å²) in [4.78, 5) is 28.1. The standard InChI is InChI=1S/C43H46F5N3O6S/c1-41(2,3)57-40(53)49-32-24-33-18-19-34(25-32)51(33)39(52)38(42(44,45)30-14-8-26(9-15-30)27-10-16-31(17-11-27)43(46,47)48)50-58(54,55)37-21-13-28-22-36(20-12-29(28)23-37)56-35-6-4-5-7-35/h8-17,20-23,32-35,38,50H,4-7,18-19,24-25H2,1-3H3,(H,49,53). The first-order valence-corrected chi connectivity index (χ1v) is 21.0. The molecule has 2 heterocycles. The molecule has 58 heavy (non-hydrogen) atoms. The quantitative estimate of drug-likeness (QED) is 0.154. The number of alkyl halides is 5. The predicted octanol–water partition coefficient (Wildman–Crippen LogP) is 9.33. The number of rotatable bonds is 10. The molecule has 4 aromatic rings. The molecule has 3 fully saturated rings. The number of piperidine rings is 1. The first-order chi connectivity index (χ1) is 27.3. The minimum Gasteiger partial charge on any atom is -0.490 e. The van der Waals surface area contributed by atoms with Crippen LogP contribution in [-0.2, 0) is 31.7 Å². The lowest BCUT2D eigenvalue weighted by atomic mass is 9.93. The molecule has 310 valence electrons. The maximum atomic E-state index is 16.9. The summed E-state index contributed by atoms with van der Waals surface area (Å²) in [6.07, 6.45) is 0.456. The van der Waals surface area contributed by atoms with Gasteiger partial charge in [-0.2, -0.15) is 26.7 Å². The highest BCUT2D eigenvalue weighted by atomic mass is 32.2. The monoisotopic (exact) mass is 827 g/mol. The Labute approximate surface area is 334 Å². The Kier molecular flexibility index (Phi) is 11.3. The lowest BCUT2D eigenvalue weighted by molar-refractivity contribution is -0.149. The largest absolute Gasteiger partial charge is 0.490 e. The molecule has 2 saturated heterocycles. The van der Waals surface area contributed by atoms with E-state index >= 15 is 8.78 Å². The summed E-state index contributed by atoms with van der Waals surface area (Å²) in [5.41, 5.74) is -1.61. The average Bonchev–Trinajstić information content (AvgIpc) is 3.77. The van der Waals surface area contributed by atoms with Gasteiger partial charge in [-0.3, -0.25) is 4.79 Å². The van der Waals surface area contributed by atoms with Crippen LogP contribution in [0.25, 0.3) is 21.9 Å². The molecule has 0 spiro atoms. The molecule has 15 heteroatoms. The van der Waals surface area contributed by atoms with Crippen LogP contribution in [0.2, 0.25) is 0 Å². The Morgan fingerprint density at radius 3 is 1.86 bits per heavy atom. The van der Waals surface area contributed by atoms with Crippen molar-refractivity contribution in [3.63, 3.8) is 0 Å². The Morgan fingerprint density at radius 2 is 1.29 bits per heavy atom. The third-order valence-electron chi connectivity index (χ3n) is 11.1. The molecule has 2 aliphatic heterocycles. The van der Waals surface area contributed by atoms with E-state index in [1.807, 2.05) is 0 Å². The van der Waals surface area contributed by atoms with Crippen molar-refractivity contribution in [3.8, 4) is 16.9 Å². The Balaban J connectivity index is 1.17. The van der Waals surface area contributed by atoms with Crippen LogP contribution < -0.4 is 14.8 Å². The summed E-state index contributed by atoms with van der Waals surface area (Å²) < 4.78 is 115. The summed E-state index contributed by atoms with van der Waals surface area (Å²) in [5.74, 6) is -4.57. The molecule has 2 amide bonds. The Hall–Kier alpha value is -4.76. The molecule has 0 aromatic heterocycles. The van der Waals surface area contributed by atoms with E-state index in [0.29, 0.717) is 40.5 Å². The van der Waals surface area contributed by atoms with Gasteiger partial charge in [-0.15, -0.1) is 0 Å². The molecule has 1 saturated carbocycles. The highest BCUT2D eigenvalue weighted by Gasteiger charge is 2.54. The van der Waals surface area contributed by atoms with E-state index in [1.54, 1.807) is 45.0 Å². The average molecular weight is 828 g/mol. The number of nitrogens with zero attached hydrogens (tertiary/aromatic N) is 1. The van der Waals surface area contributed by atoms with Crippen molar-refractivity contribution < 1.29 is 49.4 Å². The molecule has 7 rings (SSSR count). The summed E-state index contributed by atoms with van der Waals surface area (Å²) in [5, 5.41) is 4.02. The molecule has 3 aliphatic rings. The third kappa shape index (κ3) is 9.10. The predicted molar refractivity (Wildman–Crippen MR) is 208 cm³/mol. The number of hydrogen-bond donors (Lipinski definition) is 2. The number of carbonyl (C=O) groups excluding carboxylic acids is 2. The third-order valence-corrected chi connectivity index (χ3v) is 12.5. The highest BCUT2D eigenvalue weighted by Crippen LogP contribution is 2.41. The van der Waals surface area contributed by atoms with E-state index in [9.17, 15) is 31.2 Å². The minimum atomic E-state index is -4.75. The second-order valence-electron chi connectivity index (χ2n) is 16.5. The fourth-order valence-electron chi connectivity index (χ4n) is 8.32. The molecule has 2 N–H and O–H groups in total. The zero-order valence-corrected chi connectivity index (χ0v) is 33.1. The van der Waals surface area contributed by atoms with Crippen molar-refractivity contribution in [1.29, 1.82) is 0 Å². The van der Waals surface area contributed by atoms with E-state index in [-0.39, 0.29) is 23.8 Å². The van der Waals surface area contributed by atoms with E-state index in [2.05, 4.69) is 10.0 Å². The number of fused-ring (bicyclic) bond motifs is 3. The molecule has 4 aromatic carbocycles. The first-order valence-electron chi connectivity index (χ1n) is 19.5. The topological polar surface area (TPSA) is 114 Å². The number of sulfonamides is 1. The number of carbonyl (C=O) groups is 2. The summed E-state index contributed by atoms with van der Waals surface area (Å²) in [6.45, 7) is 5.17. The van der Waals surface area contributed by atoms with Gasteiger partial charge in [0.05, 0.1) is 16.6 Å². The zero-order valence-electron chi connectivity index (χ0n) is 32.3. The van der Waals surface area contributed by atoms with Crippen molar-refractivity contribution in [2.75, 3.05) is 0 Å². The maximum Gasteiger partial charge on any atom is 0.416 e. The number of alkyl carbamates (subject to hydrolysis) is 1. The van der Waals surface area contributed by atoms with Gasteiger partial charge in [0.2, 0.25) is 15.9 Å². The molecule has 1 aliphatic carbocycles. The van der Waals surface area contributed by atoms with E-state index < -0.39 is 75.0 Å². The van der Waals surface area contributed by atoms with Gasteiger partial charge in [0, 0.05) is 23.7 Å². The molecular formula is C43H46F5N3O6S. The minimum absolute atomic E-state index is 0.112. The van der Waals surface area contributed by atoms with Gasteiger partial charge in [0.1, 0.15) is 11.4 Å². The zero-order chi connectivity index (χ0) is 41.6. The van der Waals surface area contributed by atoms with Crippen LogP contribution in [0.5, 0.6) is 5.75 Å². The van der Waals surface area contributed by atoms with Crippen LogP contribution in [0, 0.1) is 0 Å². The van der Waals surface area contributed by atoms with E-state index in [0.717, 1.165) is 49.9 Å². The van der Waals surface area contributed by atoms with Crippen LogP contribution in [-0.4, -0.2) is 61.2 Å². The number of amides is 2. The van der Waals surface area contributed by atoms with Crippen LogP contribution in [0.3, 0.4) is 0 Å². The normalized spacial score (nSPS) is 20.9. The fourth-order valence-corrected chi connectivity index (χ4v) is 9.55. The second kappa shape index (κ2) is 15.8. The number of ether oxygens (including phenoxy) is 2. The molecule has 0 radical (unpaired) electrons. The number of nitrogens with one attached hydrogen (secondary N) is 2. The van der Waals surface area contributed by atoms with Crippen LogP contribution in [0.15, 0.2) is 89.8 Å². The first kappa shape index (κ1) is 41.4. The highest BCUT2D eigenvalue weighted by molar-refractivity contribution is 7.89. The van der Waals surface area contributed by atoms with Crippen LogP contribution in [0.4, 0.5) is 26.7 Å². The fraction of sp³-hybridized carbons (Fsp3) is 0.442. The number of hydrogen-bond acceptors (Lipinski definition) is 6. The van der Waals surface area contributed by atoms with E-state index in [4.69, 9.17) is 9.47 Å². The molecule has 3 unspecified atom stereocenters. The van der Waals surface area contributed by atoms with Crippen molar-refractivity contribution in [3.05, 3.63) is 96.1 Å². The molecule has 2 bridgehead atoms. The van der Waals surface area contributed by atoms with Crippen molar-refractivity contribution in [2.45, 2.75) is 125 Å². The maximum absolute atomic E-state index is 16.9. The SMILES string of the molecule is CC(C)(C)OC(=O)NC1CC2CCC(C1)N2C(=O)C(NS(=O)(=O)c1ccc2cc(OC3CCCC3)ccc2c1)C(F)(F)c1ccc(-c2ccc(C(F)(F)F)cc2)cc1. The smallest absolute Gasteiger partial charge is 0.416 e. The van der Waals surface area contributed by atoms with Gasteiger partial charge in [-0.05, 0) is 130 Å². The summed E-state index contributed by atoms with van der Waals surface area (Å²) in [7, 11) is -4.75. The van der Waals surface area contributed by atoms with Crippen molar-refractivity contribution in [1.82, 2.24) is 14.9 Å². The van der Waals surface area contributed by atoms with Gasteiger partial charge in [0.25, 0.3) is 5.92 Å². The van der Waals surface area contributed by atoms with Crippen LogP contribution in [0.1, 0.15) is 83.3 Å². The van der Waals surface area contributed by atoms with Gasteiger partial charge >= 0.3 is 12.3 Å². The number of benzene rings is 4.